The minimum Gasteiger partial charge on any atom is -0.472 e. The van der Waals surface area contributed by atoms with Gasteiger partial charge in [-0.3, -0.25) is 4.79 Å². The molecule has 3 N–H and O–H groups in total. The van der Waals surface area contributed by atoms with Gasteiger partial charge in [0, 0.05) is 30.4 Å². The molecule has 0 radical (unpaired) electrons. The van der Waals surface area contributed by atoms with Crippen molar-refractivity contribution in [2.24, 2.45) is 5.41 Å². The summed E-state index contributed by atoms with van der Waals surface area (Å²) in [6, 6.07) is 5.36. The fourth-order valence-electron chi connectivity index (χ4n) is 4.91. The average Bonchev–Trinajstić information content (AvgIpc) is 3.47. The molecule has 1 saturated heterocycles. The lowest BCUT2D eigenvalue weighted by Crippen LogP contribution is -2.39. The smallest absolute Gasteiger partial charge is 0.258 e. The molecule has 1 aliphatic heterocycles. The van der Waals surface area contributed by atoms with Gasteiger partial charge in [0.05, 0.1) is 12.7 Å². The average molecular weight is 487 g/mol. The van der Waals surface area contributed by atoms with E-state index in [9.17, 15) is 15.0 Å². The number of aliphatic hydroxyl groups is 2. The SMILES string of the molecule is O=C(NC1CCC(O)CC1)c1cnc(N2CCC3(CC3)C2)nc1OCc1ccc(CO)c(Cl)c1. The Hall–Kier alpha value is -2.42. The van der Waals surface area contributed by atoms with E-state index in [0.29, 0.717) is 40.4 Å². The lowest BCUT2D eigenvalue weighted by Gasteiger charge is -2.26. The van der Waals surface area contributed by atoms with Gasteiger partial charge in [0.1, 0.15) is 12.2 Å². The van der Waals surface area contributed by atoms with Crippen LogP contribution in [0.1, 0.15) is 66.4 Å². The van der Waals surface area contributed by atoms with Gasteiger partial charge in [-0.2, -0.15) is 4.98 Å². The van der Waals surface area contributed by atoms with Crippen molar-refractivity contribution in [3.8, 4) is 5.88 Å². The van der Waals surface area contributed by atoms with Crippen LogP contribution in [-0.4, -0.2) is 51.3 Å². The quantitative estimate of drug-likeness (QED) is 0.551. The van der Waals surface area contributed by atoms with E-state index < -0.39 is 0 Å². The monoisotopic (exact) mass is 486 g/mol. The molecule has 0 unspecified atom stereocenters. The second-order valence-electron chi connectivity index (χ2n) is 9.91. The van der Waals surface area contributed by atoms with Crippen molar-refractivity contribution in [2.75, 3.05) is 18.0 Å². The van der Waals surface area contributed by atoms with Crippen LogP contribution >= 0.6 is 11.6 Å². The van der Waals surface area contributed by atoms with Crippen LogP contribution < -0.4 is 15.0 Å². The molecular weight excluding hydrogens is 456 g/mol. The number of aliphatic hydroxyl groups excluding tert-OH is 2. The van der Waals surface area contributed by atoms with Crippen molar-refractivity contribution in [2.45, 2.75) is 70.3 Å². The topological polar surface area (TPSA) is 108 Å². The molecule has 8 nitrogen and oxygen atoms in total. The van der Waals surface area contributed by atoms with E-state index in [1.54, 1.807) is 18.3 Å². The first-order valence-corrected chi connectivity index (χ1v) is 12.4. The Labute approximate surface area is 204 Å². The Morgan fingerprint density at radius 2 is 2.03 bits per heavy atom. The van der Waals surface area contributed by atoms with Crippen LogP contribution in [0.2, 0.25) is 5.02 Å². The van der Waals surface area contributed by atoms with E-state index in [1.807, 2.05) is 6.07 Å². The Balaban J connectivity index is 1.34. The molecule has 9 heteroatoms. The molecule has 1 aromatic heterocycles. The maximum atomic E-state index is 13.1. The summed E-state index contributed by atoms with van der Waals surface area (Å²) in [4.78, 5) is 24.5. The highest BCUT2D eigenvalue weighted by molar-refractivity contribution is 6.31. The molecule has 3 fully saturated rings. The minimum absolute atomic E-state index is 0.0153. The van der Waals surface area contributed by atoms with Crippen LogP contribution in [0.4, 0.5) is 5.95 Å². The molecule has 3 aliphatic rings. The van der Waals surface area contributed by atoms with E-state index in [0.717, 1.165) is 37.9 Å². The largest absolute Gasteiger partial charge is 0.472 e. The van der Waals surface area contributed by atoms with Crippen LogP contribution in [0, 0.1) is 5.41 Å². The first-order chi connectivity index (χ1) is 16.4. The van der Waals surface area contributed by atoms with Gasteiger partial charge in [0.2, 0.25) is 11.8 Å². The molecule has 2 aliphatic carbocycles. The van der Waals surface area contributed by atoms with Crippen LogP contribution in [0.3, 0.4) is 0 Å². The maximum absolute atomic E-state index is 13.1. The third-order valence-electron chi connectivity index (χ3n) is 7.36. The third-order valence-corrected chi connectivity index (χ3v) is 7.71. The number of hydrogen-bond donors (Lipinski definition) is 3. The normalized spacial score (nSPS) is 23.2. The van der Waals surface area contributed by atoms with E-state index in [2.05, 4.69) is 20.2 Å². The number of halogens is 1. The first kappa shape index (κ1) is 23.3. The molecule has 2 heterocycles. The number of benzene rings is 1. The first-order valence-electron chi connectivity index (χ1n) is 12.1. The Morgan fingerprint density at radius 1 is 1.24 bits per heavy atom. The molecule has 0 atom stereocenters. The number of nitrogens with one attached hydrogen (secondary N) is 1. The van der Waals surface area contributed by atoms with Gasteiger partial charge in [0.25, 0.3) is 5.91 Å². The van der Waals surface area contributed by atoms with E-state index in [1.165, 1.54) is 12.8 Å². The van der Waals surface area contributed by atoms with Crippen LogP contribution in [0.25, 0.3) is 0 Å². The van der Waals surface area contributed by atoms with E-state index in [-0.39, 0.29) is 37.1 Å². The highest BCUT2D eigenvalue weighted by Gasteiger charge is 2.48. The molecule has 5 rings (SSSR count). The summed E-state index contributed by atoms with van der Waals surface area (Å²) in [7, 11) is 0. The predicted molar refractivity (Wildman–Crippen MR) is 128 cm³/mol. The van der Waals surface area contributed by atoms with Crippen LogP contribution in [0.5, 0.6) is 5.88 Å². The zero-order valence-corrected chi connectivity index (χ0v) is 19.9. The lowest BCUT2D eigenvalue weighted by molar-refractivity contribution is 0.0862. The van der Waals surface area contributed by atoms with Gasteiger partial charge < -0.3 is 25.2 Å². The maximum Gasteiger partial charge on any atom is 0.258 e. The van der Waals surface area contributed by atoms with Crippen molar-refractivity contribution in [1.29, 1.82) is 0 Å². The van der Waals surface area contributed by atoms with Crippen molar-refractivity contribution in [1.82, 2.24) is 15.3 Å². The molecule has 1 amide bonds. The van der Waals surface area contributed by atoms with Crippen molar-refractivity contribution < 1.29 is 19.7 Å². The van der Waals surface area contributed by atoms with Crippen LogP contribution in [0.15, 0.2) is 24.4 Å². The molecular formula is C25H31ClN4O4. The van der Waals surface area contributed by atoms with Gasteiger partial charge in [-0.1, -0.05) is 23.7 Å². The molecule has 2 saturated carbocycles. The van der Waals surface area contributed by atoms with Gasteiger partial charge in [-0.05, 0) is 67.6 Å². The summed E-state index contributed by atoms with van der Waals surface area (Å²) in [6.07, 6.45) is 7.80. The zero-order valence-electron chi connectivity index (χ0n) is 19.2. The summed E-state index contributed by atoms with van der Waals surface area (Å²) < 4.78 is 6.05. The van der Waals surface area contributed by atoms with Gasteiger partial charge in [0.15, 0.2) is 0 Å². The Morgan fingerprint density at radius 3 is 2.71 bits per heavy atom. The van der Waals surface area contributed by atoms with Gasteiger partial charge in [-0.15, -0.1) is 0 Å². The number of nitrogens with zero attached hydrogens (tertiary/aromatic N) is 3. The number of aromatic nitrogens is 2. The summed E-state index contributed by atoms with van der Waals surface area (Å²) in [6.45, 7) is 1.91. The zero-order chi connectivity index (χ0) is 23.7. The van der Waals surface area contributed by atoms with Crippen LogP contribution in [-0.2, 0) is 13.2 Å². The fraction of sp³-hybridized carbons (Fsp3) is 0.560. The second-order valence-corrected chi connectivity index (χ2v) is 10.3. The number of amides is 1. The number of hydrogen-bond acceptors (Lipinski definition) is 7. The number of carbonyl (C=O) groups is 1. The second kappa shape index (κ2) is 9.68. The summed E-state index contributed by atoms with van der Waals surface area (Å²) >= 11 is 6.23. The van der Waals surface area contributed by atoms with Crippen molar-refractivity contribution >= 4 is 23.5 Å². The van der Waals surface area contributed by atoms with E-state index >= 15 is 0 Å². The predicted octanol–water partition coefficient (Wildman–Crippen LogP) is 3.22. The number of carbonyl (C=O) groups excluding carboxylic acids is 1. The third kappa shape index (κ3) is 5.14. The summed E-state index contributed by atoms with van der Waals surface area (Å²) in [5.74, 6) is 0.568. The number of ether oxygens (including phenoxy) is 1. The number of rotatable bonds is 7. The molecule has 1 spiro atoms. The molecule has 1 aromatic carbocycles. The van der Waals surface area contributed by atoms with Crippen molar-refractivity contribution in [3.63, 3.8) is 0 Å². The number of anilines is 1. The highest BCUT2D eigenvalue weighted by atomic mass is 35.5. The Bertz CT molecular complexity index is 1050. The molecule has 0 bridgehead atoms. The Kier molecular flexibility index (Phi) is 6.64. The standard InChI is InChI=1S/C25H31ClN4O4/c26-21-11-16(1-2-17(21)13-31)14-34-23-20(22(33)28-18-3-5-19(32)6-4-18)12-27-24(29-23)30-10-9-25(15-30)7-8-25/h1-2,11-12,18-19,31-32H,3-10,13-15H2,(H,28,33). The van der Waals surface area contributed by atoms with Gasteiger partial charge >= 0.3 is 0 Å². The summed E-state index contributed by atoms with van der Waals surface area (Å²) in [5.41, 5.74) is 2.19. The highest BCUT2D eigenvalue weighted by Crippen LogP contribution is 2.53. The molecule has 2 aromatic rings. The molecule has 182 valence electrons. The van der Waals surface area contributed by atoms with E-state index in [4.69, 9.17) is 16.3 Å². The minimum atomic E-state index is -0.283. The fourth-order valence-corrected chi connectivity index (χ4v) is 5.17. The molecule has 34 heavy (non-hydrogen) atoms. The lowest BCUT2D eigenvalue weighted by atomic mass is 9.93. The van der Waals surface area contributed by atoms with Crippen molar-refractivity contribution in [3.05, 3.63) is 46.1 Å². The summed E-state index contributed by atoms with van der Waals surface area (Å²) in [5, 5.41) is 22.6. The van der Waals surface area contributed by atoms with Gasteiger partial charge in [-0.25, -0.2) is 4.98 Å².